The molecule has 0 aliphatic rings. The largest absolute Gasteiger partial charge is 0.367 e. The van der Waals surface area contributed by atoms with Gasteiger partial charge in [-0.3, -0.25) is 0 Å². The maximum absolute atomic E-state index is 5.80. The van der Waals surface area contributed by atoms with Crippen LogP contribution in [0, 0.1) is 6.92 Å². The normalized spacial score (nSPS) is 10.6. The quantitative estimate of drug-likeness (QED) is 0.794. The molecular weight excluding hydrogens is 208 g/mol. The zero-order chi connectivity index (χ0) is 9.42. The topological polar surface area (TPSA) is 52.0 Å². The molecule has 0 spiro atoms. The molecule has 0 fully saturated rings. The minimum atomic E-state index is 0.359. The Bertz CT molecular complexity index is 435. The highest BCUT2D eigenvalue weighted by atomic mass is 35.5. The van der Waals surface area contributed by atoms with Gasteiger partial charge in [0.2, 0.25) is 5.88 Å². The van der Waals surface area contributed by atoms with E-state index in [0.717, 1.165) is 21.2 Å². The maximum Gasteiger partial charge on any atom is 0.225 e. The van der Waals surface area contributed by atoms with E-state index in [1.807, 2.05) is 18.4 Å². The van der Waals surface area contributed by atoms with Gasteiger partial charge in [0.1, 0.15) is 5.69 Å². The molecule has 0 atom stereocenters. The number of hydrogen-bond donors (Lipinski definition) is 1. The zero-order valence-corrected chi connectivity index (χ0v) is 8.45. The van der Waals surface area contributed by atoms with E-state index in [1.54, 1.807) is 0 Å². The molecule has 0 unspecified atom stereocenters. The van der Waals surface area contributed by atoms with Crippen LogP contribution in [0.3, 0.4) is 0 Å². The number of halogens is 1. The second-order valence-corrected chi connectivity index (χ2v) is 4.20. The van der Waals surface area contributed by atoms with E-state index in [4.69, 9.17) is 21.9 Å². The van der Waals surface area contributed by atoms with Crippen LogP contribution in [0.1, 0.15) is 5.56 Å². The Labute approximate surface area is 84.1 Å². The van der Waals surface area contributed by atoms with Crippen LogP contribution >= 0.6 is 22.9 Å². The molecule has 13 heavy (non-hydrogen) atoms. The summed E-state index contributed by atoms with van der Waals surface area (Å²) >= 11 is 7.26. The number of anilines is 1. The number of rotatable bonds is 1. The summed E-state index contributed by atoms with van der Waals surface area (Å²) in [4.78, 5) is 0. The molecule has 0 aliphatic heterocycles. The van der Waals surface area contributed by atoms with Crippen LogP contribution in [0.5, 0.6) is 0 Å². The average molecular weight is 215 g/mol. The van der Waals surface area contributed by atoms with Crippen molar-refractivity contribution >= 4 is 28.8 Å². The predicted molar refractivity (Wildman–Crippen MR) is 54.0 cm³/mol. The van der Waals surface area contributed by atoms with Gasteiger partial charge in [-0.05, 0) is 13.0 Å². The van der Waals surface area contributed by atoms with Crippen molar-refractivity contribution in [1.29, 1.82) is 0 Å². The molecule has 2 aromatic heterocycles. The van der Waals surface area contributed by atoms with E-state index in [-0.39, 0.29) is 0 Å². The smallest absolute Gasteiger partial charge is 0.225 e. The molecule has 2 aromatic rings. The third-order valence-corrected chi connectivity index (χ3v) is 2.89. The molecular formula is C8H7ClN2OS. The fourth-order valence-electron chi connectivity index (χ4n) is 1.05. The first-order valence-electron chi connectivity index (χ1n) is 3.64. The number of nitrogens with zero attached hydrogens (tertiary/aromatic N) is 1. The summed E-state index contributed by atoms with van der Waals surface area (Å²) in [5.74, 6) is 0.359. The van der Waals surface area contributed by atoms with E-state index in [9.17, 15) is 0 Å². The van der Waals surface area contributed by atoms with Crippen LogP contribution in [-0.4, -0.2) is 5.16 Å². The molecule has 0 saturated heterocycles. The first kappa shape index (κ1) is 8.59. The highest BCUT2D eigenvalue weighted by molar-refractivity contribution is 7.14. The molecule has 2 rings (SSSR count). The fourth-order valence-corrected chi connectivity index (χ4v) is 1.92. The lowest BCUT2D eigenvalue weighted by molar-refractivity contribution is 0.439. The van der Waals surface area contributed by atoms with Crippen LogP contribution in [-0.2, 0) is 0 Å². The summed E-state index contributed by atoms with van der Waals surface area (Å²) < 4.78 is 5.58. The van der Waals surface area contributed by atoms with E-state index < -0.39 is 0 Å². The highest BCUT2D eigenvalue weighted by Crippen LogP contribution is 2.31. The van der Waals surface area contributed by atoms with Crippen LogP contribution in [0.4, 0.5) is 5.88 Å². The van der Waals surface area contributed by atoms with Crippen molar-refractivity contribution in [2.45, 2.75) is 6.92 Å². The van der Waals surface area contributed by atoms with Gasteiger partial charge in [-0.2, -0.15) is 0 Å². The molecule has 0 bridgehead atoms. The maximum atomic E-state index is 5.80. The fraction of sp³-hybridized carbons (Fsp3) is 0.125. The first-order chi connectivity index (χ1) is 6.18. The van der Waals surface area contributed by atoms with Crippen molar-refractivity contribution in [3.05, 3.63) is 21.3 Å². The summed E-state index contributed by atoms with van der Waals surface area (Å²) in [6.45, 7) is 1.87. The van der Waals surface area contributed by atoms with E-state index >= 15 is 0 Å². The van der Waals surface area contributed by atoms with Gasteiger partial charge in [-0.15, -0.1) is 11.3 Å². The number of nitrogens with two attached hydrogens (primary N) is 1. The monoisotopic (exact) mass is 214 g/mol. The Morgan fingerprint density at radius 3 is 2.85 bits per heavy atom. The molecule has 2 heterocycles. The van der Waals surface area contributed by atoms with E-state index in [0.29, 0.717) is 5.88 Å². The van der Waals surface area contributed by atoms with Crippen LogP contribution in [0.15, 0.2) is 16.0 Å². The summed E-state index contributed by atoms with van der Waals surface area (Å²) in [5.41, 5.74) is 8.10. The minimum Gasteiger partial charge on any atom is -0.367 e. The lowest BCUT2D eigenvalue weighted by atomic mass is 10.2. The van der Waals surface area contributed by atoms with Crippen molar-refractivity contribution in [2.24, 2.45) is 0 Å². The van der Waals surface area contributed by atoms with Gasteiger partial charge in [-0.1, -0.05) is 16.8 Å². The molecule has 0 amide bonds. The number of thiophene rings is 1. The van der Waals surface area contributed by atoms with Crippen molar-refractivity contribution in [1.82, 2.24) is 5.16 Å². The summed E-state index contributed by atoms with van der Waals surface area (Å²) in [6, 6.07) is 1.84. The summed E-state index contributed by atoms with van der Waals surface area (Å²) in [6.07, 6.45) is 0. The van der Waals surface area contributed by atoms with Gasteiger partial charge in [0.05, 0.1) is 4.34 Å². The third kappa shape index (κ3) is 1.43. The summed E-state index contributed by atoms with van der Waals surface area (Å²) in [5, 5.41) is 5.77. The number of hydrogen-bond acceptors (Lipinski definition) is 4. The first-order valence-corrected chi connectivity index (χ1v) is 4.90. The van der Waals surface area contributed by atoms with Gasteiger partial charge in [0.25, 0.3) is 0 Å². The van der Waals surface area contributed by atoms with Gasteiger partial charge in [0, 0.05) is 16.5 Å². The predicted octanol–water partition coefficient (Wildman–Crippen LogP) is 2.95. The zero-order valence-electron chi connectivity index (χ0n) is 6.87. The standard InChI is InChI=1S/C8H7ClN2OS/c1-4-7(11-12-8(4)10)5-2-6(9)13-3-5/h2-3H,10H2,1H3. The van der Waals surface area contributed by atoms with Crippen molar-refractivity contribution in [2.75, 3.05) is 5.73 Å². The molecule has 0 saturated carbocycles. The molecule has 0 radical (unpaired) electrons. The SMILES string of the molecule is Cc1c(-c2csc(Cl)c2)noc1N. The Hall–Kier alpha value is -1.00. The third-order valence-electron chi connectivity index (χ3n) is 1.80. The number of aromatic nitrogens is 1. The molecule has 0 aliphatic carbocycles. The minimum absolute atomic E-state index is 0.359. The Kier molecular flexibility index (Phi) is 2.01. The van der Waals surface area contributed by atoms with E-state index in [1.165, 1.54) is 11.3 Å². The summed E-state index contributed by atoms with van der Waals surface area (Å²) in [7, 11) is 0. The molecule has 5 heteroatoms. The van der Waals surface area contributed by atoms with Gasteiger partial charge in [-0.25, -0.2) is 0 Å². The Morgan fingerprint density at radius 2 is 2.38 bits per heavy atom. The van der Waals surface area contributed by atoms with Crippen molar-refractivity contribution < 1.29 is 4.52 Å². The van der Waals surface area contributed by atoms with Crippen molar-refractivity contribution in [3.8, 4) is 11.3 Å². The molecule has 0 aromatic carbocycles. The van der Waals surface area contributed by atoms with Gasteiger partial charge >= 0.3 is 0 Å². The van der Waals surface area contributed by atoms with Crippen molar-refractivity contribution in [3.63, 3.8) is 0 Å². The Balaban J connectivity index is 2.52. The van der Waals surface area contributed by atoms with Gasteiger partial charge in [0.15, 0.2) is 0 Å². The lowest BCUT2D eigenvalue weighted by Gasteiger charge is -1.89. The lowest BCUT2D eigenvalue weighted by Crippen LogP contribution is -1.83. The van der Waals surface area contributed by atoms with Crippen LogP contribution in [0.25, 0.3) is 11.3 Å². The van der Waals surface area contributed by atoms with Gasteiger partial charge < -0.3 is 10.3 Å². The van der Waals surface area contributed by atoms with Crippen LogP contribution in [0.2, 0.25) is 4.34 Å². The molecule has 68 valence electrons. The molecule has 2 N–H and O–H groups in total. The van der Waals surface area contributed by atoms with Crippen LogP contribution < -0.4 is 5.73 Å². The van der Waals surface area contributed by atoms with E-state index in [2.05, 4.69) is 5.16 Å². The highest BCUT2D eigenvalue weighted by Gasteiger charge is 2.12. The second kappa shape index (κ2) is 3.05. The molecule has 3 nitrogen and oxygen atoms in total. The average Bonchev–Trinajstić information content (AvgIpc) is 2.62. The second-order valence-electron chi connectivity index (χ2n) is 2.66. The Morgan fingerprint density at radius 1 is 1.62 bits per heavy atom. The number of nitrogen functional groups attached to an aromatic ring is 1.